The van der Waals surface area contributed by atoms with Crippen LogP contribution in [0.1, 0.15) is 317 Å². The molecule has 19 heteroatoms. The van der Waals surface area contributed by atoms with Crippen LogP contribution in [0.15, 0.2) is 97.1 Å². The summed E-state index contributed by atoms with van der Waals surface area (Å²) >= 11 is 0. The van der Waals surface area contributed by atoms with Gasteiger partial charge in [0.05, 0.1) is 37.3 Å². The highest BCUT2D eigenvalue weighted by Crippen LogP contribution is 2.36. The van der Waals surface area contributed by atoms with Gasteiger partial charge in [-0.2, -0.15) is 0 Å². The van der Waals surface area contributed by atoms with E-state index in [4.69, 9.17) is 4.74 Å². The van der Waals surface area contributed by atoms with Gasteiger partial charge in [0, 0.05) is 62.9 Å². The third-order valence-corrected chi connectivity index (χ3v) is 29.7. The molecular weight excluding hydrogens is 1560 g/mol. The molecule has 5 aliphatic heterocycles. The van der Waals surface area contributed by atoms with Gasteiger partial charge in [-0.25, -0.2) is 4.39 Å². The second-order valence-corrected chi connectivity index (χ2v) is 40.9. The van der Waals surface area contributed by atoms with Crippen molar-refractivity contribution >= 4 is 29.5 Å². The highest BCUT2D eigenvalue weighted by atomic mass is 19.1. The van der Waals surface area contributed by atoms with Gasteiger partial charge in [0.25, 0.3) is 0 Å². The van der Waals surface area contributed by atoms with Crippen molar-refractivity contribution < 1.29 is 43.3 Å². The number of carbonyl (C=O) groups is 5. The van der Waals surface area contributed by atoms with Gasteiger partial charge in [-0.1, -0.05) is 278 Å². The van der Waals surface area contributed by atoms with Crippen molar-refractivity contribution in [2.24, 2.45) is 59.2 Å². The molecule has 12 N–H and O–H groups in total. The minimum Gasteiger partial charge on any atom is -0.508 e. The number of nitrogens with one attached hydrogen (secondary N) is 10. The molecule has 18 nitrogen and oxygen atoms in total. The zero-order valence-electron chi connectivity index (χ0n) is 78.3. The molecule has 0 bridgehead atoms. The van der Waals surface area contributed by atoms with Gasteiger partial charge in [0.2, 0.25) is 29.5 Å². The molecule has 5 aliphatic carbocycles. The van der Waals surface area contributed by atoms with Crippen LogP contribution in [0.3, 0.4) is 0 Å². The van der Waals surface area contributed by atoms with Crippen LogP contribution < -0.4 is 57.9 Å². The van der Waals surface area contributed by atoms with E-state index >= 15 is 0 Å². The Morgan fingerprint density at radius 1 is 0.312 bits per heavy atom. The average Bonchev–Trinajstić information content (AvgIpc) is 0.846. The first-order valence-corrected chi connectivity index (χ1v) is 49.6. The van der Waals surface area contributed by atoms with E-state index in [0.29, 0.717) is 74.5 Å². The molecule has 690 valence electrons. The number of halogens is 1. The first kappa shape index (κ1) is 98.2. The van der Waals surface area contributed by atoms with Crippen LogP contribution in [-0.2, 0) is 88.8 Å². The molecule has 15 rings (SSSR count). The monoisotopic (exact) mass is 1720 g/mol. The summed E-state index contributed by atoms with van der Waals surface area (Å²) in [5, 5.41) is 52.6. The number of carbonyl (C=O) groups excluding carboxylic acids is 5. The lowest BCUT2D eigenvalue weighted by molar-refractivity contribution is -0.125. The molecule has 5 saturated carbocycles. The van der Waals surface area contributed by atoms with Crippen LogP contribution in [-0.4, -0.2) is 107 Å². The van der Waals surface area contributed by atoms with E-state index in [1.54, 1.807) is 37.4 Å². The molecule has 10 atom stereocenters. The molecule has 5 heterocycles. The molecule has 0 unspecified atom stereocenters. The predicted molar refractivity (Wildman–Crippen MR) is 504 cm³/mol. The number of benzene rings is 5. The van der Waals surface area contributed by atoms with Crippen molar-refractivity contribution in [2.75, 3.05) is 7.11 Å². The van der Waals surface area contributed by atoms with E-state index in [1.807, 2.05) is 24.3 Å². The minimum atomic E-state index is -0.217. The summed E-state index contributed by atoms with van der Waals surface area (Å²) < 4.78 is 18.6. The largest absolute Gasteiger partial charge is 0.508 e. The predicted octanol–water partition coefficient (Wildman–Crippen LogP) is 18.6. The lowest BCUT2D eigenvalue weighted by Crippen LogP contribution is -2.52. The van der Waals surface area contributed by atoms with Crippen molar-refractivity contribution in [3.05, 3.63) is 159 Å². The van der Waals surface area contributed by atoms with Crippen molar-refractivity contribution in [3.8, 4) is 17.2 Å². The van der Waals surface area contributed by atoms with Crippen LogP contribution >= 0.6 is 0 Å². The van der Waals surface area contributed by atoms with E-state index in [9.17, 15) is 38.6 Å². The highest BCUT2D eigenvalue weighted by molar-refractivity contribution is 5.85. The third kappa shape index (κ3) is 30.9. The fourth-order valence-corrected chi connectivity index (χ4v) is 21.3. The lowest BCUT2D eigenvalue weighted by Gasteiger charge is -2.32. The molecule has 5 aromatic carbocycles. The molecule has 10 aliphatic rings. The smallest absolute Gasteiger partial charge is 0.237 e. The number of amides is 5. The molecule has 0 saturated heterocycles. The van der Waals surface area contributed by atoms with Gasteiger partial charge in [-0.15, -0.1) is 0 Å². The number of methoxy groups -OCH3 is 1. The van der Waals surface area contributed by atoms with Crippen LogP contribution in [0.25, 0.3) is 0 Å². The van der Waals surface area contributed by atoms with Gasteiger partial charge in [-0.3, -0.25) is 24.0 Å². The van der Waals surface area contributed by atoms with Crippen molar-refractivity contribution in [3.63, 3.8) is 0 Å². The number of phenolic OH excluding ortho intramolecular Hbond substituents is 2. The van der Waals surface area contributed by atoms with Gasteiger partial charge in [-0.05, 0) is 228 Å². The number of fused-ring (bicyclic) bond motifs is 5. The molecule has 0 spiro atoms. The Bertz CT molecular complexity index is 3910. The summed E-state index contributed by atoms with van der Waals surface area (Å²) in [6.45, 7) is 25.5. The first-order chi connectivity index (χ1) is 60.3. The summed E-state index contributed by atoms with van der Waals surface area (Å²) in [6, 6.07) is 30.9. The van der Waals surface area contributed by atoms with Gasteiger partial charge in [0.15, 0.2) is 0 Å². The molecule has 5 aromatic rings. The summed E-state index contributed by atoms with van der Waals surface area (Å²) in [6.07, 6.45) is 42.7. The SMILES string of the molecule is CC(C)[C@@H](CC1CCCCC1)NC(=O)[C@@H]1Cc2ccc(O)cc2CN1.CC(C)[C@@H](CC1CCCCC1)NC(=O)[C@H]1Cc2ccc(F)cc2CN1.CC(C)[C@@H](CC1CCCCC1)NC(=O)[C@H]1Cc2ccccc2CN1.CC(C)[C@H](CC1CCCCC1)NC(=O)[C@@H]1Cc2ccc(O)cc2CN1.COc1ccc2c(c1)CN[C@@H](C(=O)N[C@H](CC1CCCCC1)C(C)C)C2. The highest BCUT2D eigenvalue weighted by Gasteiger charge is 2.36. The summed E-state index contributed by atoms with van der Waals surface area (Å²) in [7, 11) is 1.69. The number of phenols is 2. The topological polar surface area (TPSA) is 255 Å². The van der Waals surface area contributed by atoms with E-state index in [2.05, 4.69) is 159 Å². The molecule has 0 aromatic heterocycles. The Labute approximate surface area is 751 Å². The Balaban J connectivity index is 0.000000152. The van der Waals surface area contributed by atoms with Crippen LogP contribution in [0.5, 0.6) is 17.2 Å². The normalized spacial score (nSPS) is 22.4. The second-order valence-electron chi connectivity index (χ2n) is 40.9. The fourth-order valence-electron chi connectivity index (χ4n) is 21.3. The molecule has 125 heavy (non-hydrogen) atoms. The van der Waals surface area contributed by atoms with Gasteiger partial charge in [0.1, 0.15) is 23.1 Å². The lowest BCUT2D eigenvalue weighted by atomic mass is 9.82. The van der Waals surface area contributed by atoms with E-state index in [0.717, 1.165) is 127 Å². The molecule has 5 amide bonds. The van der Waals surface area contributed by atoms with E-state index in [1.165, 1.54) is 189 Å². The number of ether oxygens (including phenoxy) is 1. The third-order valence-electron chi connectivity index (χ3n) is 29.7. The Morgan fingerprint density at radius 3 is 0.816 bits per heavy atom. The van der Waals surface area contributed by atoms with E-state index in [-0.39, 0.29) is 101 Å². The summed E-state index contributed by atoms with van der Waals surface area (Å²) in [5.41, 5.74) is 11.6. The van der Waals surface area contributed by atoms with Gasteiger partial charge < -0.3 is 68.1 Å². The quantitative estimate of drug-likeness (QED) is 0.0246. The molecule has 0 radical (unpaired) electrons. The minimum absolute atomic E-state index is 0.0875. The summed E-state index contributed by atoms with van der Waals surface area (Å²) in [4.78, 5) is 64.1. The van der Waals surface area contributed by atoms with Crippen molar-refractivity contribution in [2.45, 2.75) is 387 Å². The zero-order valence-corrected chi connectivity index (χ0v) is 78.3. The number of hydrogen-bond donors (Lipinski definition) is 12. The van der Waals surface area contributed by atoms with Gasteiger partial charge >= 0.3 is 0 Å². The zero-order chi connectivity index (χ0) is 88.9. The Kier molecular flexibility index (Phi) is 39.2. The number of hydrogen-bond acceptors (Lipinski definition) is 13. The van der Waals surface area contributed by atoms with Crippen molar-refractivity contribution in [1.29, 1.82) is 0 Å². The fraction of sp³-hybridized carbons (Fsp3) is 0.670. The first-order valence-electron chi connectivity index (χ1n) is 49.6. The average molecular weight is 1720 g/mol. The standard InChI is InChI=1S/C22H34N2O2.C21H31FN2O.2C21H32N2O2.C21H32N2O/c1-15(2)20(11-16-7-5-4-6-8-16)24-22(25)21-13-17-9-10-19(26-3)12-18(17)14-23-21;1-14(2)19(10-15-6-4-3-5-7-15)24-21(25)20-12-16-8-9-18(22)11-17(16)13-23-20;2*1-14(2)19(10-15-6-4-3-5-7-15)23-21(25)20-12-16-8-9-18(24)11-17(16)13-22-20;1-15(2)19(12-16-8-4-3-5-9-16)23-21(24)20-13-17-10-6-7-11-18(17)14-22-20/h9-10,12,15-16,20-21,23H,4-8,11,13-14H2,1-3H3,(H,24,25);8-9,11,14-15,19-20,23H,3-7,10,12-13H2,1-2H3,(H,24,25);2*8-9,11,14-15,19-20,22,24H,3-7,10,12-13H2,1-2H3,(H,23,25);6-7,10-11,15-16,19-20,22H,3-5,8-9,12-14H2,1-2H3,(H,23,24)/t20-,21-;19-,20-;19-,20+;2*19-,20-/m11101/s1. The van der Waals surface area contributed by atoms with E-state index < -0.39 is 0 Å². The van der Waals surface area contributed by atoms with Crippen LogP contribution in [0.4, 0.5) is 4.39 Å². The Morgan fingerprint density at radius 2 is 0.544 bits per heavy atom. The molecule has 5 fully saturated rings. The number of aromatic hydroxyl groups is 2. The second kappa shape index (κ2) is 49.9. The maximum atomic E-state index is 13.3. The Hall–Kier alpha value is -7.42. The van der Waals surface area contributed by atoms with Crippen LogP contribution in [0, 0.1) is 65.0 Å². The van der Waals surface area contributed by atoms with Crippen molar-refractivity contribution in [1.82, 2.24) is 53.2 Å². The molecular formula is C106H161FN10O8. The maximum absolute atomic E-state index is 13.3. The summed E-state index contributed by atoms with van der Waals surface area (Å²) in [5.74, 6) is 8.09. The van der Waals surface area contributed by atoms with Crippen LogP contribution in [0.2, 0.25) is 0 Å². The number of rotatable bonds is 26. The maximum Gasteiger partial charge on any atom is 0.237 e.